The lowest BCUT2D eigenvalue weighted by Crippen LogP contribution is -2.25. The summed E-state index contributed by atoms with van der Waals surface area (Å²) in [6, 6.07) is 93.8. The Bertz CT molecular complexity index is 4500. The molecule has 0 bridgehead atoms. The van der Waals surface area contributed by atoms with Gasteiger partial charge in [-0.05, 0) is 139 Å². The molecule has 2 heterocycles. The fraction of sp³-hybridized carbons (Fsp3) is 0.0556. The molecule has 3 aliphatic rings. The van der Waals surface area contributed by atoms with E-state index in [2.05, 4.69) is 278 Å². The standard InChI is InChI=1S/C72H48N4/c1-71(2)60-28-14-9-25-53(60)57-43-59-58-42-50(38-40-67(58)76(68(59)44-65(57)71)70-73-66-32-18-13-27-55(66)69(74-70)47-21-7-4-8-22-47)75(48-35-33-46(34-36-48)45-19-5-3-6-20-45)49-37-39-64-56(41-49)54-26-12-17-31-63(54)72(64)61-29-15-10-23-51(61)52-24-11-16-30-62(52)72/h3-44H,1-2H3. The largest absolute Gasteiger partial charge is 0.310 e. The molecule has 0 N–H and O–H groups in total. The first-order valence-corrected chi connectivity index (χ1v) is 26.4. The van der Waals surface area contributed by atoms with E-state index >= 15 is 0 Å². The molecule has 76 heavy (non-hydrogen) atoms. The van der Waals surface area contributed by atoms with Crippen LogP contribution in [0.5, 0.6) is 0 Å². The fourth-order valence-corrected chi connectivity index (χ4v) is 13.6. The summed E-state index contributed by atoms with van der Waals surface area (Å²) in [4.78, 5) is 13.4. The maximum absolute atomic E-state index is 5.52. The van der Waals surface area contributed by atoms with E-state index in [0.29, 0.717) is 5.95 Å². The van der Waals surface area contributed by atoms with Crippen LogP contribution in [-0.2, 0) is 10.8 Å². The number of aromatic nitrogens is 3. The Morgan fingerprint density at radius 3 is 1.50 bits per heavy atom. The van der Waals surface area contributed by atoms with Gasteiger partial charge in [0, 0.05) is 44.2 Å². The molecule has 13 aromatic rings. The summed E-state index contributed by atoms with van der Waals surface area (Å²) in [6.45, 7) is 4.72. The molecule has 0 saturated carbocycles. The number of hydrogen-bond donors (Lipinski definition) is 0. The van der Waals surface area contributed by atoms with Gasteiger partial charge < -0.3 is 4.90 Å². The van der Waals surface area contributed by atoms with Crippen LogP contribution in [-0.4, -0.2) is 14.5 Å². The van der Waals surface area contributed by atoms with Crippen molar-refractivity contribution < 1.29 is 0 Å². The number of benzene rings is 11. The maximum Gasteiger partial charge on any atom is 0.235 e. The minimum absolute atomic E-state index is 0.206. The third-order valence-electron chi connectivity index (χ3n) is 17.0. The van der Waals surface area contributed by atoms with Crippen LogP contribution in [0.15, 0.2) is 255 Å². The third kappa shape index (κ3) is 5.89. The van der Waals surface area contributed by atoms with Crippen LogP contribution in [0.4, 0.5) is 17.1 Å². The number of rotatable bonds is 6. The van der Waals surface area contributed by atoms with Gasteiger partial charge >= 0.3 is 0 Å². The van der Waals surface area contributed by atoms with Crippen LogP contribution in [0.25, 0.3) is 94.4 Å². The first kappa shape index (κ1) is 42.8. The zero-order valence-electron chi connectivity index (χ0n) is 42.0. The van der Waals surface area contributed by atoms with E-state index in [1.807, 2.05) is 0 Å². The van der Waals surface area contributed by atoms with Crippen molar-refractivity contribution in [3.8, 4) is 61.7 Å². The van der Waals surface area contributed by atoms with E-state index in [1.165, 1.54) is 77.9 Å². The van der Waals surface area contributed by atoms with E-state index < -0.39 is 5.41 Å². The molecule has 0 unspecified atom stereocenters. The molecule has 11 aromatic carbocycles. The van der Waals surface area contributed by atoms with Crippen LogP contribution in [0.2, 0.25) is 0 Å². The van der Waals surface area contributed by atoms with Gasteiger partial charge in [0.15, 0.2) is 0 Å². The Morgan fingerprint density at radius 1 is 0.329 bits per heavy atom. The third-order valence-corrected chi connectivity index (χ3v) is 17.0. The van der Waals surface area contributed by atoms with Crippen LogP contribution >= 0.6 is 0 Å². The predicted molar refractivity (Wildman–Crippen MR) is 313 cm³/mol. The first-order chi connectivity index (χ1) is 37.4. The number of fused-ring (bicyclic) bond motifs is 17. The minimum atomic E-state index is -0.431. The molecular weight excluding hydrogens is 921 g/mol. The van der Waals surface area contributed by atoms with E-state index in [4.69, 9.17) is 9.97 Å². The Hall–Kier alpha value is -9.64. The highest BCUT2D eigenvalue weighted by atomic mass is 15.2. The number of anilines is 3. The lowest BCUT2D eigenvalue weighted by Gasteiger charge is -2.31. The number of para-hydroxylation sites is 1. The smallest absolute Gasteiger partial charge is 0.235 e. The summed E-state index contributed by atoms with van der Waals surface area (Å²) in [5.74, 6) is 0.646. The van der Waals surface area contributed by atoms with Crippen molar-refractivity contribution in [1.29, 1.82) is 0 Å². The lowest BCUT2D eigenvalue weighted by atomic mass is 9.70. The molecule has 2 aromatic heterocycles. The minimum Gasteiger partial charge on any atom is -0.310 e. The SMILES string of the molecule is CC1(C)c2ccccc2-c2cc3c4cc(N(c5ccc(-c6ccccc6)cc5)c5ccc6c(c5)-c5ccccc5C65c6ccccc6-c6ccccc65)ccc4n(-c4nc(-c5ccccc5)c5ccccc5n4)c3cc21. The molecule has 4 nitrogen and oxygen atoms in total. The Morgan fingerprint density at radius 2 is 0.816 bits per heavy atom. The highest BCUT2D eigenvalue weighted by molar-refractivity contribution is 6.13. The fourth-order valence-electron chi connectivity index (χ4n) is 13.6. The lowest BCUT2D eigenvalue weighted by molar-refractivity contribution is 0.661. The highest BCUT2D eigenvalue weighted by Crippen LogP contribution is 2.63. The van der Waals surface area contributed by atoms with Gasteiger partial charge in [0.05, 0.1) is 27.7 Å². The molecule has 3 aliphatic carbocycles. The quantitative estimate of drug-likeness (QED) is 0.166. The topological polar surface area (TPSA) is 34.0 Å². The van der Waals surface area contributed by atoms with Crippen molar-refractivity contribution in [1.82, 2.24) is 14.5 Å². The van der Waals surface area contributed by atoms with Crippen molar-refractivity contribution in [2.75, 3.05) is 4.90 Å². The predicted octanol–water partition coefficient (Wildman–Crippen LogP) is 18.2. The normalized spacial score (nSPS) is 13.9. The van der Waals surface area contributed by atoms with Crippen molar-refractivity contribution in [3.05, 3.63) is 288 Å². The molecule has 356 valence electrons. The Kier molecular flexibility index (Phi) is 8.98. The first-order valence-electron chi connectivity index (χ1n) is 26.4. The summed E-state index contributed by atoms with van der Waals surface area (Å²) < 4.78 is 2.31. The van der Waals surface area contributed by atoms with Gasteiger partial charge in [-0.3, -0.25) is 4.57 Å². The van der Waals surface area contributed by atoms with Gasteiger partial charge in [0.2, 0.25) is 5.95 Å². The van der Waals surface area contributed by atoms with Crippen molar-refractivity contribution in [3.63, 3.8) is 0 Å². The van der Waals surface area contributed by atoms with Crippen LogP contribution < -0.4 is 4.90 Å². The molecular formula is C72H48N4. The molecule has 0 saturated heterocycles. The monoisotopic (exact) mass is 968 g/mol. The molecule has 16 rings (SSSR count). The molecule has 0 amide bonds. The Balaban J connectivity index is 0.952. The molecule has 0 fully saturated rings. The van der Waals surface area contributed by atoms with Gasteiger partial charge in [-0.2, -0.15) is 0 Å². The van der Waals surface area contributed by atoms with E-state index in [0.717, 1.165) is 61.0 Å². The maximum atomic E-state index is 5.52. The summed E-state index contributed by atoms with van der Waals surface area (Å²) in [6.07, 6.45) is 0. The summed E-state index contributed by atoms with van der Waals surface area (Å²) in [7, 11) is 0. The van der Waals surface area contributed by atoms with Gasteiger partial charge in [0.1, 0.15) is 0 Å². The average Bonchev–Trinajstić information content (AvgIpc) is 4.36. The molecule has 4 heteroatoms. The zero-order valence-corrected chi connectivity index (χ0v) is 42.0. The zero-order chi connectivity index (χ0) is 50.3. The van der Waals surface area contributed by atoms with Crippen LogP contribution in [0, 0.1) is 0 Å². The van der Waals surface area contributed by atoms with Gasteiger partial charge in [-0.15, -0.1) is 0 Å². The molecule has 0 aliphatic heterocycles. The van der Waals surface area contributed by atoms with Crippen molar-refractivity contribution in [2.45, 2.75) is 24.7 Å². The second-order valence-electron chi connectivity index (χ2n) is 21.2. The number of hydrogen-bond acceptors (Lipinski definition) is 3. The average molecular weight is 969 g/mol. The van der Waals surface area contributed by atoms with E-state index in [-0.39, 0.29) is 5.41 Å². The summed E-state index contributed by atoms with van der Waals surface area (Å²) in [5.41, 5.74) is 25.6. The summed E-state index contributed by atoms with van der Waals surface area (Å²) in [5, 5.41) is 3.31. The summed E-state index contributed by atoms with van der Waals surface area (Å²) >= 11 is 0. The molecule has 0 radical (unpaired) electrons. The van der Waals surface area contributed by atoms with E-state index in [1.54, 1.807) is 0 Å². The van der Waals surface area contributed by atoms with E-state index in [9.17, 15) is 0 Å². The molecule has 1 spiro atoms. The van der Waals surface area contributed by atoms with Gasteiger partial charge in [-0.1, -0.05) is 208 Å². The van der Waals surface area contributed by atoms with Crippen LogP contribution in [0.1, 0.15) is 47.2 Å². The van der Waals surface area contributed by atoms with Gasteiger partial charge in [-0.25, -0.2) is 9.97 Å². The second-order valence-corrected chi connectivity index (χ2v) is 21.2. The van der Waals surface area contributed by atoms with Gasteiger partial charge in [0.25, 0.3) is 0 Å². The Labute approximate surface area is 441 Å². The highest BCUT2D eigenvalue weighted by Gasteiger charge is 2.51. The van der Waals surface area contributed by atoms with Crippen molar-refractivity contribution in [2.24, 2.45) is 0 Å². The molecule has 0 atom stereocenters. The van der Waals surface area contributed by atoms with Crippen molar-refractivity contribution >= 4 is 49.8 Å². The number of nitrogens with zero attached hydrogens (tertiary/aromatic N) is 4. The van der Waals surface area contributed by atoms with Crippen LogP contribution in [0.3, 0.4) is 0 Å². The second kappa shape index (κ2) is 15.9.